The Morgan fingerprint density at radius 3 is 2.47 bits per heavy atom. The number of rotatable bonds is 7. The molecule has 34 heavy (non-hydrogen) atoms. The van der Waals surface area contributed by atoms with Crippen LogP contribution in [0.4, 0.5) is 4.39 Å². The normalized spacial score (nSPS) is 11.8. The van der Waals surface area contributed by atoms with E-state index in [2.05, 4.69) is 25.5 Å². The molecule has 0 aliphatic rings. The Morgan fingerprint density at radius 2 is 1.79 bits per heavy atom. The van der Waals surface area contributed by atoms with Gasteiger partial charge in [0.15, 0.2) is 9.84 Å². The van der Waals surface area contributed by atoms with Crippen LogP contribution < -0.4 is 5.32 Å². The monoisotopic (exact) mass is 501 g/mol. The van der Waals surface area contributed by atoms with Gasteiger partial charge in [-0.25, -0.2) is 17.8 Å². The molecule has 4 aromatic rings. The Hall–Kier alpha value is -3.21. The van der Waals surface area contributed by atoms with E-state index in [1.807, 2.05) is 0 Å². The van der Waals surface area contributed by atoms with E-state index in [1.54, 1.807) is 39.1 Å². The Bertz CT molecular complexity index is 1460. The van der Waals surface area contributed by atoms with E-state index in [4.69, 9.17) is 16.0 Å². The lowest BCUT2D eigenvalue weighted by Crippen LogP contribution is -2.14. The Kier molecular flexibility index (Phi) is 6.74. The molecular formula is C23H21ClFN5O3S. The van der Waals surface area contributed by atoms with Crippen molar-refractivity contribution >= 4 is 21.4 Å². The number of aromatic nitrogens is 4. The van der Waals surface area contributed by atoms with Crippen molar-refractivity contribution in [2.75, 3.05) is 7.05 Å². The van der Waals surface area contributed by atoms with Gasteiger partial charge in [0.05, 0.1) is 38.8 Å². The molecule has 2 aromatic heterocycles. The summed E-state index contributed by atoms with van der Waals surface area (Å²) >= 11 is 6.27. The van der Waals surface area contributed by atoms with Crippen LogP contribution in [0.15, 0.2) is 58.1 Å². The van der Waals surface area contributed by atoms with Gasteiger partial charge in [0.1, 0.15) is 11.5 Å². The van der Waals surface area contributed by atoms with Crippen LogP contribution in [0.3, 0.4) is 0 Å². The molecule has 11 heteroatoms. The summed E-state index contributed by atoms with van der Waals surface area (Å²) in [7, 11) is -1.75. The zero-order valence-electron chi connectivity index (χ0n) is 18.6. The summed E-state index contributed by atoms with van der Waals surface area (Å²) in [5.41, 5.74) is 2.23. The van der Waals surface area contributed by atoms with E-state index in [9.17, 15) is 12.8 Å². The van der Waals surface area contributed by atoms with Crippen molar-refractivity contribution in [3.63, 3.8) is 0 Å². The summed E-state index contributed by atoms with van der Waals surface area (Å²) in [5, 5.41) is 10.4. The van der Waals surface area contributed by atoms with Crippen molar-refractivity contribution < 1.29 is 17.2 Å². The highest BCUT2D eigenvalue weighted by Crippen LogP contribution is 2.31. The van der Waals surface area contributed by atoms with Crippen molar-refractivity contribution in [2.24, 2.45) is 0 Å². The second-order valence-corrected chi connectivity index (χ2v) is 10.7. The molecule has 0 fully saturated rings. The van der Waals surface area contributed by atoms with Crippen molar-refractivity contribution in [3.05, 3.63) is 65.2 Å². The van der Waals surface area contributed by atoms with E-state index in [0.717, 1.165) is 5.56 Å². The van der Waals surface area contributed by atoms with Crippen LogP contribution in [0.5, 0.6) is 0 Å². The van der Waals surface area contributed by atoms with Gasteiger partial charge in [-0.2, -0.15) is 0 Å². The summed E-state index contributed by atoms with van der Waals surface area (Å²) in [5.74, 6) is -0.399. The van der Waals surface area contributed by atoms with Gasteiger partial charge in [0.2, 0.25) is 0 Å². The van der Waals surface area contributed by atoms with E-state index < -0.39 is 20.9 Å². The third-order valence-electron chi connectivity index (χ3n) is 5.08. The minimum absolute atomic E-state index is 0.0157. The Balaban J connectivity index is 1.65. The first kappa shape index (κ1) is 23.9. The molecule has 1 N–H and O–H groups in total. The Labute approximate surface area is 201 Å². The van der Waals surface area contributed by atoms with E-state index in [1.165, 1.54) is 30.6 Å². The highest BCUT2D eigenvalue weighted by atomic mass is 35.5. The molecular weight excluding hydrogens is 481 g/mol. The van der Waals surface area contributed by atoms with Crippen LogP contribution in [0, 0.1) is 5.82 Å². The quantitative estimate of drug-likeness (QED) is 0.392. The lowest BCUT2D eigenvalue weighted by molar-refractivity contribution is 0.568. The average Bonchev–Trinajstić information content (AvgIpc) is 3.29. The molecule has 4 rings (SSSR count). The number of benzene rings is 2. The third kappa shape index (κ3) is 4.70. The standard InChI is InChI=1S/C23H21ClFN5O3S/c1-13(2)34(31,32)21-7-5-15(9-17(21)24)19-11-27-12-20(28-19)23-30-29-22(33-23)16-6-4-14(10-26-3)8-18(16)25/h4-9,11-13,26H,10H2,1-3H3. The maximum atomic E-state index is 14.5. The molecule has 0 spiro atoms. The molecule has 0 saturated heterocycles. The fraction of sp³-hybridized carbons (Fsp3) is 0.217. The van der Waals surface area contributed by atoms with Crippen LogP contribution >= 0.6 is 11.6 Å². The van der Waals surface area contributed by atoms with Gasteiger partial charge in [0.25, 0.3) is 11.8 Å². The number of halogens is 2. The molecule has 0 aliphatic heterocycles. The van der Waals surface area contributed by atoms with Gasteiger partial charge < -0.3 is 9.73 Å². The predicted molar refractivity (Wildman–Crippen MR) is 126 cm³/mol. The minimum atomic E-state index is -3.53. The molecule has 0 unspecified atom stereocenters. The van der Waals surface area contributed by atoms with Crippen LogP contribution in [0.1, 0.15) is 19.4 Å². The van der Waals surface area contributed by atoms with E-state index >= 15 is 0 Å². The summed E-state index contributed by atoms with van der Waals surface area (Å²) in [6.45, 7) is 3.72. The number of hydrogen-bond donors (Lipinski definition) is 1. The van der Waals surface area contributed by atoms with Gasteiger partial charge in [0, 0.05) is 12.1 Å². The molecule has 2 aromatic carbocycles. The summed E-state index contributed by atoms with van der Waals surface area (Å²) in [6, 6.07) is 9.33. The first-order chi connectivity index (χ1) is 16.2. The lowest BCUT2D eigenvalue weighted by atomic mass is 10.1. The highest BCUT2D eigenvalue weighted by molar-refractivity contribution is 7.92. The average molecular weight is 502 g/mol. The van der Waals surface area contributed by atoms with Crippen molar-refractivity contribution in [3.8, 4) is 34.3 Å². The zero-order valence-corrected chi connectivity index (χ0v) is 20.2. The molecule has 176 valence electrons. The van der Waals surface area contributed by atoms with Gasteiger partial charge in [-0.1, -0.05) is 23.7 Å². The van der Waals surface area contributed by atoms with Gasteiger partial charge in [-0.3, -0.25) is 4.98 Å². The molecule has 0 saturated carbocycles. The summed E-state index contributed by atoms with van der Waals surface area (Å²) < 4.78 is 45.1. The highest BCUT2D eigenvalue weighted by Gasteiger charge is 2.23. The van der Waals surface area contributed by atoms with Crippen LogP contribution in [-0.4, -0.2) is 40.9 Å². The number of nitrogens with zero attached hydrogens (tertiary/aromatic N) is 4. The van der Waals surface area contributed by atoms with Gasteiger partial charge in [-0.05, 0) is 50.7 Å². The maximum Gasteiger partial charge on any atom is 0.268 e. The molecule has 0 radical (unpaired) electrons. The third-order valence-corrected chi connectivity index (χ3v) is 7.71. The maximum absolute atomic E-state index is 14.5. The number of nitrogens with one attached hydrogen (secondary N) is 1. The van der Waals surface area contributed by atoms with Crippen molar-refractivity contribution in [1.29, 1.82) is 0 Å². The van der Waals surface area contributed by atoms with Crippen molar-refractivity contribution in [2.45, 2.75) is 30.5 Å². The second kappa shape index (κ2) is 9.57. The van der Waals surface area contributed by atoms with Crippen LogP contribution in [0.2, 0.25) is 5.02 Å². The zero-order chi connectivity index (χ0) is 24.5. The Morgan fingerprint density at radius 1 is 1.06 bits per heavy atom. The second-order valence-electron chi connectivity index (χ2n) is 7.79. The van der Waals surface area contributed by atoms with Crippen molar-refractivity contribution in [1.82, 2.24) is 25.5 Å². The van der Waals surface area contributed by atoms with Crippen LogP contribution in [0.25, 0.3) is 34.3 Å². The minimum Gasteiger partial charge on any atom is -0.414 e. The van der Waals surface area contributed by atoms with Crippen LogP contribution in [-0.2, 0) is 16.4 Å². The molecule has 0 aliphatic carbocycles. The SMILES string of the molecule is CNCc1ccc(-c2nnc(-c3cncc(-c4ccc(S(=O)(=O)C(C)C)c(Cl)c4)n3)o2)c(F)c1. The fourth-order valence-electron chi connectivity index (χ4n) is 3.23. The predicted octanol–water partition coefficient (Wildman–Crippen LogP) is 4.55. The molecule has 0 bridgehead atoms. The topological polar surface area (TPSA) is 111 Å². The van der Waals surface area contributed by atoms with E-state index in [-0.39, 0.29) is 33.0 Å². The smallest absolute Gasteiger partial charge is 0.268 e. The first-order valence-corrected chi connectivity index (χ1v) is 12.3. The summed E-state index contributed by atoms with van der Waals surface area (Å²) in [6.07, 6.45) is 2.94. The molecule has 8 nitrogen and oxygen atoms in total. The summed E-state index contributed by atoms with van der Waals surface area (Å²) in [4.78, 5) is 8.70. The molecule has 2 heterocycles. The van der Waals surface area contributed by atoms with Gasteiger partial charge in [-0.15, -0.1) is 10.2 Å². The number of sulfone groups is 1. The largest absolute Gasteiger partial charge is 0.414 e. The first-order valence-electron chi connectivity index (χ1n) is 10.3. The molecule has 0 atom stereocenters. The van der Waals surface area contributed by atoms with Gasteiger partial charge >= 0.3 is 0 Å². The molecule has 0 amide bonds. The fourth-order valence-corrected chi connectivity index (χ4v) is 4.83. The lowest BCUT2D eigenvalue weighted by Gasteiger charge is -2.11. The van der Waals surface area contributed by atoms with E-state index in [0.29, 0.717) is 17.8 Å². The number of hydrogen-bond acceptors (Lipinski definition) is 8.